The fraction of sp³-hybridized carbons (Fsp3) is 0.353. The number of ether oxygens (including phenoxy) is 1. The third kappa shape index (κ3) is 5.09. The molecule has 1 saturated heterocycles. The van der Waals surface area contributed by atoms with E-state index in [4.69, 9.17) is 22.1 Å². The van der Waals surface area contributed by atoms with Gasteiger partial charge in [0.05, 0.1) is 0 Å². The summed E-state index contributed by atoms with van der Waals surface area (Å²) in [7, 11) is 0. The number of nitrogens with zero attached hydrogens (tertiary/aromatic N) is 1. The first-order valence-electron chi connectivity index (χ1n) is 7.64. The molecular weight excluding hydrogens is 332 g/mol. The van der Waals surface area contributed by atoms with Crippen LogP contribution >= 0.6 is 11.6 Å². The van der Waals surface area contributed by atoms with E-state index >= 15 is 0 Å². The molecule has 1 aromatic carbocycles. The van der Waals surface area contributed by atoms with Gasteiger partial charge in [-0.05, 0) is 30.5 Å². The van der Waals surface area contributed by atoms with Crippen molar-refractivity contribution in [3.63, 3.8) is 0 Å². The number of esters is 1. The quantitative estimate of drug-likeness (QED) is 0.645. The zero-order chi connectivity index (χ0) is 17.5. The molecule has 0 aromatic heterocycles. The van der Waals surface area contributed by atoms with Crippen LogP contribution in [0.15, 0.2) is 30.3 Å². The summed E-state index contributed by atoms with van der Waals surface area (Å²) in [5, 5.41) is 0.523. The van der Waals surface area contributed by atoms with Crippen molar-refractivity contribution in [3.8, 4) is 0 Å². The lowest BCUT2D eigenvalue weighted by molar-refractivity contribution is -0.149. The minimum Gasteiger partial charge on any atom is -0.452 e. The lowest BCUT2D eigenvalue weighted by atomic mass is 9.96. The molecule has 128 valence electrons. The molecule has 0 atom stereocenters. The van der Waals surface area contributed by atoms with Crippen LogP contribution in [0.5, 0.6) is 0 Å². The number of carbonyl (C=O) groups is 3. The van der Waals surface area contributed by atoms with Crippen molar-refractivity contribution in [2.45, 2.75) is 12.8 Å². The van der Waals surface area contributed by atoms with Gasteiger partial charge in [-0.15, -0.1) is 0 Å². The number of likely N-dealkylation sites (tertiary alicyclic amines) is 1. The summed E-state index contributed by atoms with van der Waals surface area (Å²) in [5.41, 5.74) is 5.94. The molecule has 6 nitrogen and oxygen atoms in total. The number of benzene rings is 1. The summed E-state index contributed by atoms with van der Waals surface area (Å²) >= 11 is 5.97. The molecule has 0 saturated carbocycles. The maximum absolute atomic E-state index is 12.0. The van der Waals surface area contributed by atoms with Crippen molar-refractivity contribution in [1.29, 1.82) is 0 Å². The fourth-order valence-electron chi connectivity index (χ4n) is 2.45. The Kier molecular flexibility index (Phi) is 6.37. The molecule has 1 aliphatic rings. The molecule has 7 heteroatoms. The van der Waals surface area contributed by atoms with E-state index in [9.17, 15) is 14.4 Å². The van der Waals surface area contributed by atoms with Crippen LogP contribution < -0.4 is 5.73 Å². The van der Waals surface area contributed by atoms with E-state index < -0.39 is 5.97 Å². The molecule has 2 N–H and O–H groups in total. The summed E-state index contributed by atoms with van der Waals surface area (Å²) in [5.74, 6) is -1.42. The molecule has 1 fully saturated rings. The topological polar surface area (TPSA) is 89.7 Å². The number of nitrogens with two attached hydrogens (primary N) is 1. The number of carbonyl (C=O) groups excluding carboxylic acids is 3. The third-order valence-electron chi connectivity index (χ3n) is 3.89. The largest absolute Gasteiger partial charge is 0.452 e. The van der Waals surface area contributed by atoms with Crippen LogP contribution in [0, 0.1) is 5.92 Å². The van der Waals surface area contributed by atoms with E-state index in [1.54, 1.807) is 29.2 Å². The van der Waals surface area contributed by atoms with Gasteiger partial charge in [0.15, 0.2) is 6.61 Å². The smallest absolute Gasteiger partial charge is 0.331 e. The number of piperidine rings is 1. The SMILES string of the molecule is NC(=O)C1CCN(C(=O)COC(=O)/C=C/c2ccccc2Cl)CC1. The average molecular weight is 351 g/mol. The molecule has 24 heavy (non-hydrogen) atoms. The summed E-state index contributed by atoms with van der Waals surface area (Å²) in [4.78, 5) is 36.3. The molecule has 0 unspecified atom stereocenters. The fourth-order valence-corrected chi connectivity index (χ4v) is 2.65. The van der Waals surface area contributed by atoms with Gasteiger partial charge in [-0.25, -0.2) is 4.79 Å². The van der Waals surface area contributed by atoms with Crippen LogP contribution in [-0.4, -0.2) is 42.4 Å². The van der Waals surface area contributed by atoms with Crippen molar-refractivity contribution in [2.75, 3.05) is 19.7 Å². The van der Waals surface area contributed by atoms with Gasteiger partial charge >= 0.3 is 5.97 Å². The Morgan fingerprint density at radius 1 is 1.25 bits per heavy atom. The Hall–Kier alpha value is -2.34. The number of halogens is 1. The number of amides is 2. The summed E-state index contributed by atoms with van der Waals surface area (Å²) in [6.45, 7) is 0.561. The van der Waals surface area contributed by atoms with Crippen LogP contribution in [0.2, 0.25) is 5.02 Å². The lowest BCUT2D eigenvalue weighted by Crippen LogP contribution is -2.43. The maximum atomic E-state index is 12.0. The minimum absolute atomic E-state index is 0.185. The number of hydrogen-bond acceptors (Lipinski definition) is 4. The van der Waals surface area contributed by atoms with Crippen molar-refractivity contribution >= 4 is 35.5 Å². The third-order valence-corrected chi connectivity index (χ3v) is 4.24. The highest BCUT2D eigenvalue weighted by Gasteiger charge is 2.26. The number of primary amides is 1. The average Bonchev–Trinajstić information content (AvgIpc) is 2.59. The van der Waals surface area contributed by atoms with Gasteiger partial charge in [0, 0.05) is 30.1 Å². The van der Waals surface area contributed by atoms with Gasteiger partial charge in [0.25, 0.3) is 5.91 Å². The first kappa shape index (κ1) is 18.0. The molecule has 0 aliphatic carbocycles. The highest BCUT2D eigenvalue weighted by Crippen LogP contribution is 2.17. The highest BCUT2D eigenvalue weighted by molar-refractivity contribution is 6.32. The summed E-state index contributed by atoms with van der Waals surface area (Å²) in [6.07, 6.45) is 3.85. The van der Waals surface area contributed by atoms with Gasteiger partial charge in [-0.2, -0.15) is 0 Å². The summed E-state index contributed by atoms with van der Waals surface area (Å²) < 4.78 is 4.94. The van der Waals surface area contributed by atoms with Gasteiger partial charge in [-0.3, -0.25) is 9.59 Å². The Morgan fingerprint density at radius 2 is 1.92 bits per heavy atom. The normalized spacial score (nSPS) is 15.5. The van der Waals surface area contributed by atoms with Crippen LogP contribution in [0.3, 0.4) is 0 Å². The van der Waals surface area contributed by atoms with Crippen molar-refractivity contribution in [3.05, 3.63) is 40.9 Å². The number of rotatable bonds is 5. The molecule has 2 amide bonds. The predicted octanol–water partition coefficient (Wildman–Crippen LogP) is 1.62. The zero-order valence-corrected chi connectivity index (χ0v) is 13.9. The standard InChI is InChI=1S/C17H19ClN2O4/c18-14-4-2-1-3-12(14)5-6-16(22)24-11-15(21)20-9-7-13(8-10-20)17(19)23/h1-6,13H,7-11H2,(H2,19,23)/b6-5+. The van der Waals surface area contributed by atoms with Crippen LogP contribution in [0.4, 0.5) is 0 Å². The second-order valence-corrected chi connectivity index (χ2v) is 5.93. The Balaban J connectivity index is 1.77. The Morgan fingerprint density at radius 3 is 2.54 bits per heavy atom. The van der Waals surface area contributed by atoms with E-state index in [1.807, 2.05) is 0 Å². The molecule has 2 rings (SSSR count). The van der Waals surface area contributed by atoms with Crippen LogP contribution in [-0.2, 0) is 19.1 Å². The van der Waals surface area contributed by atoms with Crippen LogP contribution in [0.25, 0.3) is 6.08 Å². The van der Waals surface area contributed by atoms with E-state index in [0.717, 1.165) is 0 Å². The molecule has 1 aromatic rings. The second-order valence-electron chi connectivity index (χ2n) is 5.52. The van der Waals surface area contributed by atoms with Crippen molar-refractivity contribution in [2.24, 2.45) is 11.7 Å². The van der Waals surface area contributed by atoms with Gasteiger partial charge in [-0.1, -0.05) is 29.8 Å². The molecule has 0 radical (unpaired) electrons. The first-order valence-corrected chi connectivity index (χ1v) is 8.01. The van der Waals surface area contributed by atoms with E-state index in [1.165, 1.54) is 12.2 Å². The summed E-state index contributed by atoms with van der Waals surface area (Å²) in [6, 6.07) is 7.07. The minimum atomic E-state index is -0.615. The lowest BCUT2D eigenvalue weighted by Gasteiger charge is -2.30. The first-order chi connectivity index (χ1) is 11.5. The zero-order valence-electron chi connectivity index (χ0n) is 13.1. The van der Waals surface area contributed by atoms with E-state index in [-0.39, 0.29) is 24.3 Å². The Bertz CT molecular complexity index is 652. The molecule has 0 spiro atoms. The highest BCUT2D eigenvalue weighted by atomic mass is 35.5. The Labute approximate surface area is 145 Å². The van der Waals surface area contributed by atoms with Gasteiger partial charge in [0.2, 0.25) is 5.91 Å². The molecule has 1 heterocycles. The molecule has 1 aliphatic heterocycles. The van der Waals surface area contributed by atoms with Gasteiger partial charge < -0.3 is 15.4 Å². The van der Waals surface area contributed by atoms with E-state index in [2.05, 4.69) is 0 Å². The second kappa shape index (κ2) is 8.49. The maximum Gasteiger partial charge on any atom is 0.331 e. The number of hydrogen-bond donors (Lipinski definition) is 1. The molecular formula is C17H19ClN2O4. The van der Waals surface area contributed by atoms with E-state index in [0.29, 0.717) is 36.5 Å². The monoisotopic (exact) mass is 350 g/mol. The predicted molar refractivity (Wildman–Crippen MR) is 89.9 cm³/mol. The van der Waals surface area contributed by atoms with Crippen LogP contribution in [0.1, 0.15) is 18.4 Å². The van der Waals surface area contributed by atoms with Gasteiger partial charge in [0.1, 0.15) is 0 Å². The van der Waals surface area contributed by atoms with Crippen molar-refractivity contribution < 1.29 is 19.1 Å². The molecule has 0 bridgehead atoms. The van der Waals surface area contributed by atoms with Crippen molar-refractivity contribution in [1.82, 2.24) is 4.90 Å².